The van der Waals surface area contributed by atoms with Crippen molar-refractivity contribution >= 4 is 46.9 Å². The molecule has 8 heteroatoms. The van der Waals surface area contributed by atoms with Crippen LogP contribution in [0.1, 0.15) is 61.5 Å². The number of anilines is 2. The maximum atomic E-state index is 13.6. The van der Waals surface area contributed by atoms with Gasteiger partial charge < -0.3 is 20.7 Å². The predicted octanol–water partition coefficient (Wildman–Crippen LogP) is 8.13. The van der Waals surface area contributed by atoms with Crippen LogP contribution in [0.5, 0.6) is 5.75 Å². The van der Waals surface area contributed by atoms with E-state index in [0.29, 0.717) is 41.5 Å². The molecule has 0 saturated heterocycles. The van der Waals surface area contributed by atoms with Crippen LogP contribution in [0.25, 0.3) is 6.08 Å². The van der Waals surface area contributed by atoms with Crippen LogP contribution in [0.4, 0.5) is 11.4 Å². The zero-order chi connectivity index (χ0) is 32.2. The number of ether oxygens (including phenoxy) is 1. The monoisotopic (exact) mass is 621 g/mol. The molecule has 45 heavy (non-hydrogen) atoms. The van der Waals surface area contributed by atoms with Crippen LogP contribution >= 0.6 is 11.8 Å². The molecule has 4 aromatic carbocycles. The van der Waals surface area contributed by atoms with E-state index < -0.39 is 11.8 Å². The van der Waals surface area contributed by atoms with Crippen molar-refractivity contribution < 1.29 is 19.1 Å². The van der Waals surface area contributed by atoms with Crippen LogP contribution in [0, 0.1) is 0 Å². The Morgan fingerprint density at radius 2 is 1.51 bits per heavy atom. The molecule has 1 unspecified atom stereocenters. The molecule has 0 fully saturated rings. The van der Waals surface area contributed by atoms with Gasteiger partial charge in [0.05, 0.1) is 11.9 Å². The molecule has 0 saturated carbocycles. The van der Waals surface area contributed by atoms with Gasteiger partial charge in [-0.05, 0) is 79.4 Å². The van der Waals surface area contributed by atoms with Gasteiger partial charge in [-0.15, -0.1) is 11.8 Å². The lowest BCUT2D eigenvalue weighted by Crippen LogP contribution is -2.30. The van der Waals surface area contributed by atoms with E-state index in [1.165, 1.54) is 17.3 Å². The lowest BCUT2D eigenvalue weighted by Gasteiger charge is -2.16. The Hall–Kier alpha value is -4.82. The van der Waals surface area contributed by atoms with E-state index in [2.05, 4.69) is 29.8 Å². The van der Waals surface area contributed by atoms with Gasteiger partial charge >= 0.3 is 0 Å². The summed E-state index contributed by atoms with van der Waals surface area (Å²) in [7, 11) is 0. The van der Waals surface area contributed by atoms with E-state index in [9.17, 15) is 14.4 Å². The van der Waals surface area contributed by atoms with Crippen molar-refractivity contribution in [3.05, 3.63) is 126 Å². The molecule has 0 radical (unpaired) electrons. The van der Waals surface area contributed by atoms with Crippen molar-refractivity contribution in [2.24, 2.45) is 0 Å². The number of carbonyl (C=O) groups is 3. The molecule has 0 bridgehead atoms. The molecule has 7 nitrogen and oxygen atoms in total. The Bertz CT molecular complexity index is 1640. The molecule has 3 amide bonds. The fourth-order valence-electron chi connectivity index (χ4n) is 4.49. The van der Waals surface area contributed by atoms with Gasteiger partial charge in [-0.1, -0.05) is 75.4 Å². The first-order valence-electron chi connectivity index (χ1n) is 15.1. The third-order valence-electron chi connectivity index (χ3n) is 6.93. The first-order chi connectivity index (χ1) is 21.8. The zero-order valence-electron chi connectivity index (χ0n) is 26.0. The minimum Gasteiger partial charge on any atom is -0.493 e. The number of hydrogen-bond donors (Lipinski definition) is 3. The molecule has 0 aliphatic carbocycles. The van der Waals surface area contributed by atoms with Crippen LogP contribution in [0.3, 0.4) is 0 Å². The normalized spacial score (nSPS) is 11.9. The number of carbonyl (C=O) groups excluding carboxylic acids is 3. The van der Waals surface area contributed by atoms with Gasteiger partial charge in [0.1, 0.15) is 11.4 Å². The molecule has 1 atom stereocenters. The molecular formula is C37H39N3O4S. The summed E-state index contributed by atoms with van der Waals surface area (Å²) < 4.78 is 5.74. The first-order valence-corrected chi connectivity index (χ1v) is 15.9. The smallest absolute Gasteiger partial charge is 0.272 e. The largest absolute Gasteiger partial charge is 0.493 e. The van der Waals surface area contributed by atoms with Gasteiger partial charge in [0.15, 0.2) is 0 Å². The number of benzene rings is 4. The molecule has 0 aliphatic heterocycles. The van der Waals surface area contributed by atoms with Gasteiger partial charge in [0.2, 0.25) is 5.91 Å². The highest BCUT2D eigenvalue weighted by atomic mass is 32.2. The average molecular weight is 622 g/mol. The van der Waals surface area contributed by atoms with Crippen molar-refractivity contribution in [1.82, 2.24) is 5.32 Å². The second-order valence-electron chi connectivity index (χ2n) is 10.6. The van der Waals surface area contributed by atoms with Gasteiger partial charge in [-0.2, -0.15) is 0 Å². The van der Waals surface area contributed by atoms with Crippen LogP contribution in [0.2, 0.25) is 0 Å². The van der Waals surface area contributed by atoms with Crippen LogP contribution in [0.15, 0.2) is 114 Å². The van der Waals surface area contributed by atoms with Crippen molar-refractivity contribution in [1.29, 1.82) is 0 Å². The first kappa shape index (κ1) is 33.1. The molecular weight excluding hydrogens is 582 g/mol. The molecule has 3 N–H and O–H groups in total. The molecule has 232 valence electrons. The molecule has 0 spiro atoms. The van der Waals surface area contributed by atoms with E-state index in [1.54, 1.807) is 36.4 Å². The number of para-hydroxylation sites is 1. The van der Waals surface area contributed by atoms with Crippen LogP contribution in [-0.2, 0) is 9.59 Å². The highest BCUT2D eigenvalue weighted by Crippen LogP contribution is 2.29. The minimum atomic E-state index is -0.498. The van der Waals surface area contributed by atoms with Crippen LogP contribution in [-0.4, -0.2) is 29.6 Å². The zero-order valence-corrected chi connectivity index (χ0v) is 26.8. The summed E-state index contributed by atoms with van der Waals surface area (Å²) in [5.41, 5.74) is 3.63. The van der Waals surface area contributed by atoms with E-state index in [1.807, 2.05) is 86.6 Å². The summed E-state index contributed by atoms with van der Waals surface area (Å²) in [6.45, 7) is 8.57. The Kier molecular flexibility index (Phi) is 12.0. The van der Waals surface area contributed by atoms with E-state index >= 15 is 0 Å². The van der Waals surface area contributed by atoms with E-state index in [0.717, 1.165) is 10.6 Å². The van der Waals surface area contributed by atoms with Gasteiger partial charge in [-0.3, -0.25) is 14.4 Å². The second-order valence-corrected chi connectivity index (χ2v) is 11.9. The standard InChI is InChI=1S/C37H39N3O4S/c1-5-34(37(43)38-29-21-19-26(20-22-29)25(3)4)45-31-17-12-16-30(24-31)39-36(42)32(40-35(41)27-13-8-7-9-14-27)23-28-15-10-11-18-33(28)44-6-2/h7-25,34H,5-6H2,1-4H3,(H,38,43)(H,39,42)(H,40,41)/b32-23+. The van der Waals surface area contributed by atoms with Crippen LogP contribution < -0.4 is 20.7 Å². The second kappa shape index (κ2) is 16.3. The maximum Gasteiger partial charge on any atom is 0.272 e. The Morgan fingerprint density at radius 3 is 2.20 bits per heavy atom. The van der Waals surface area contributed by atoms with Crippen molar-refractivity contribution in [3.8, 4) is 5.75 Å². The van der Waals surface area contributed by atoms with Gasteiger partial charge in [0.25, 0.3) is 11.8 Å². The lowest BCUT2D eigenvalue weighted by molar-refractivity contribution is -0.116. The Morgan fingerprint density at radius 1 is 0.800 bits per heavy atom. The number of nitrogens with one attached hydrogen (secondary N) is 3. The number of thioether (sulfide) groups is 1. The molecule has 4 rings (SSSR count). The van der Waals surface area contributed by atoms with Crippen molar-refractivity contribution in [2.45, 2.75) is 50.2 Å². The molecule has 4 aromatic rings. The molecule has 0 aromatic heterocycles. The van der Waals surface area contributed by atoms with Crippen molar-refractivity contribution in [2.75, 3.05) is 17.2 Å². The Labute approximate surface area is 269 Å². The predicted molar refractivity (Wildman–Crippen MR) is 184 cm³/mol. The maximum absolute atomic E-state index is 13.6. The number of amides is 3. The quantitative estimate of drug-likeness (QED) is 0.103. The highest BCUT2D eigenvalue weighted by Gasteiger charge is 2.20. The topological polar surface area (TPSA) is 96.5 Å². The number of hydrogen-bond acceptors (Lipinski definition) is 5. The summed E-state index contributed by atoms with van der Waals surface area (Å²) in [4.78, 5) is 40.6. The lowest BCUT2D eigenvalue weighted by atomic mass is 10.0. The number of rotatable bonds is 13. The fraction of sp³-hybridized carbons (Fsp3) is 0.216. The van der Waals surface area contributed by atoms with E-state index in [-0.39, 0.29) is 16.9 Å². The fourth-order valence-corrected chi connectivity index (χ4v) is 5.50. The van der Waals surface area contributed by atoms with Gasteiger partial charge in [-0.25, -0.2) is 0 Å². The summed E-state index contributed by atoms with van der Waals surface area (Å²) in [5, 5.41) is 8.37. The minimum absolute atomic E-state index is 0.0587. The summed E-state index contributed by atoms with van der Waals surface area (Å²) in [6.07, 6.45) is 2.22. The summed E-state index contributed by atoms with van der Waals surface area (Å²) in [5.74, 6) is 0.0145. The third kappa shape index (κ3) is 9.58. The summed E-state index contributed by atoms with van der Waals surface area (Å²) >= 11 is 1.43. The SMILES string of the molecule is CCOc1ccccc1/C=C(/NC(=O)c1ccccc1)C(=O)Nc1cccc(SC(CC)C(=O)Nc2ccc(C(C)C)cc2)c1. The van der Waals surface area contributed by atoms with Crippen molar-refractivity contribution in [3.63, 3.8) is 0 Å². The van der Waals surface area contributed by atoms with E-state index in [4.69, 9.17) is 4.74 Å². The highest BCUT2D eigenvalue weighted by molar-refractivity contribution is 8.00. The third-order valence-corrected chi connectivity index (χ3v) is 8.28. The molecule has 0 aliphatic rings. The molecule has 0 heterocycles. The Balaban J connectivity index is 1.51. The summed E-state index contributed by atoms with van der Waals surface area (Å²) in [6, 6.07) is 31.2. The average Bonchev–Trinajstić information content (AvgIpc) is 3.05. The van der Waals surface area contributed by atoms with Gasteiger partial charge in [0, 0.05) is 27.4 Å².